The van der Waals surface area contributed by atoms with Gasteiger partial charge in [0.2, 0.25) is 5.78 Å². The van der Waals surface area contributed by atoms with Crippen molar-refractivity contribution in [3.05, 3.63) is 35.9 Å². The number of Topliss-reactive ketones (excluding diaryl/α,β-unsaturated/α-hetero) is 1. The average molecular weight is 230 g/mol. The number of carbonyl (C=O) groups excluding carboxylic acids is 2. The van der Waals surface area contributed by atoms with E-state index in [2.05, 4.69) is 11.8 Å². The van der Waals surface area contributed by atoms with E-state index in [1.807, 2.05) is 18.2 Å². The Balaban J connectivity index is 2.67. The van der Waals surface area contributed by atoms with Gasteiger partial charge in [-0.25, -0.2) is 0 Å². The lowest BCUT2D eigenvalue weighted by atomic mass is 10.1. The summed E-state index contributed by atoms with van der Waals surface area (Å²) >= 11 is 0. The number of esters is 1. The molecule has 0 bridgehead atoms. The summed E-state index contributed by atoms with van der Waals surface area (Å²) in [5.41, 5.74) is 0.747. The fraction of sp³-hybridized carbons (Fsp3) is 0.286. The third-order valence-corrected chi connectivity index (χ3v) is 2.14. The molecule has 17 heavy (non-hydrogen) atoms. The van der Waals surface area contributed by atoms with Crippen LogP contribution in [0.25, 0.3) is 0 Å². The molecule has 0 saturated carbocycles. The summed E-state index contributed by atoms with van der Waals surface area (Å²) < 4.78 is 4.75. The second kappa shape index (κ2) is 6.49. The molecule has 0 heterocycles. The second-order valence-corrected chi connectivity index (χ2v) is 3.45. The van der Waals surface area contributed by atoms with E-state index in [1.54, 1.807) is 19.1 Å². The molecule has 0 aliphatic heterocycles. The Labute approximate surface area is 101 Å². The van der Waals surface area contributed by atoms with Crippen molar-refractivity contribution in [3.8, 4) is 11.8 Å². The molecule has 0 fully saturated rings. The Morgan fingerprint density at radius 3 is 2.53 bits per heavy atom. The molecular weight excluding hydrogens is 216 g/mol. The monoisotopic (exact) mass is 230 g/mol. The molecule has 1 atom stereocenters. The molecule has 0 spiro atoms. The lowest BCUT2D eigenvalue weighted by molar-refractivity contribution is -0.149. The van der Waals surface area contributed by atoms with Crippen LogP contribution >= 0.6 is 0 Å². The van der Waals surface area contributed by atoms with E-state index < -0.39 is 17.7 Å². The van der Waals surface area contributed by atoms with Gasteiger partial charge < -0.3 is 4.74 Å². The molecule has 0 aromatic heterocycles. The molecule has 0 saturated heterocycles. The minimum Gasteiger partial charge on any atom is -0.465 e. The first kappa shape index (κ1) is 13.0. The molecular formula is C14H14O3. The molecule has 0 aliphatic carbocycles. The fourth-order valence-electron chi connectivity index (χ4n) is 1.14. The van der Waals surface area contributed by atoms with Crippen LogP contribution in [0.15, 0.2) is 30.3 Å². The largest absolute Gasteiger partial charge is 0.465 e. The first-order valence-corrected chi connectivity index (χ1v) is 5.42. The predicted molar refractivity (Wildman–Crippen MR) is 64.1 cm³/mol. The molecule has 0 radical (unpaired) electrons. The van der Waals surface area contributed by atoms with Crippen LogP contribution in [0.3, 0.4) is 0 Å². The Bertz CT molecular complexity index is 451. The maximum absolute atomic E-state index is 11.6. The van der Waals surface area contributed by atoms with Gasteiger partial charge in [0.15, 0.2) is 0 Å². The van der Waals surface area contributed by atoms with Crippen molar-refractivity contribution >= 4 is 11.8 Å². The smallest absolute Gasteiger partial charge is 0.317 e. The van der Waals surface area contributed by atoms with Crippen LogP contribution in [0.5, 0.6) is 0 Å². The molecule has 1 aromatic rings. The fourth-order valence-corrected chi connectivity index (χ4v) is 1.14. The number of rotatable bonds is 3. The highest BCUT2D eigenvalue weighted by Gasteiger charge is 2.20. The van der Waals surface area contributed by atoms with Gasteiger partial charge in [-0.3, -0.25) is 9.59 Å². The first-order valence-electron chi connectivity index (χ1n) is 5.42. The second-order valence-electron chi connectivity index (χ2n) is 3.45. The lowest BCUT2D eigenvalue weighted by Crippen LogP contribution is -2.22. The Morgan fingerprint density at radius 2 is 1.94 bits per heavy atom. The zero-order valence-electron chi connectivity index (χ0n) is 9.90. The Morgan fingerprint density at radius 1 is 1.29 bits per heavy atom. The van der Waals surface area contributed by atoms with E-state index in [1.165, 1.54) is 6.92 Å². The van der Waals surface area contributed by atoms with Gasteiger partial charge in [-0.15, -0.1) is 0 Å². The third kappa shape index (κ3) is 4.12. The van der Waals surface area contributed by atoms with Crippen LogP contribution in [0, 0.1) is 17.8 Å². The number of benzene rings is 1. The van der Waals surface area contributed by atoms with Crippen molar-refractivity contribution in [1.82, 2.24) is 0 Å². The third-order valence-electron chi connectivity index (χ3n) is 2.14. The van der Waals surface area contributed by atoms with Gasteiger partial charge in [0.25, 0.3) is 0 Å². The molecule has 1 aromatic carbocycles. The molecule has 3 nitrogen and oxygen atoms in total. The van der Waals surface area contributed by atoms with E-state index in [4.69, 9.17) is 4.74 Å². The van der Waals surface area contributed by atoms with Gasteiger partial charge in [0.1, 0.15) is 5.92 Å². The maximum atomic E-state index is 11.6. The first-order chi connectivity index (χ1) is 8.15. The van der Waals surface area contributed by atoms with Crippen molar-refractivity contribution in [3.63, 3.8) is 0 Å². The summed E-state index contributed by atoms with van der Waals surface area (Å²) in [4.78, 5) is 22.8. The summed E-state index contributed by atoms with van der Waals surface area (Å²) in [6.07, 6.45) is 0. The van der Waals surface area contributed by atoms with Crippen molar-refractivity contribution < 1.29 is 14.3 Å². The standard InChI is InChI=1S/C14H14O3/c1-3-17-14(16)11(2)13(15)10-9-12-7-5-4-6-8-12/h4-8,11H,3H2,1-2H3. The van der Waals surface area contributed by atoms with Crippen molar-refractivity contribution in [2.75, 3.05) is 6.61 Å². The van der Waals surface area contributed by atoms with E-state index >= 15 is 0 Å². The SMILES string of the molecule is CCOC(=O)C(C)C(=O)C#Cc1ccccc1. The lowest BCUT2D eigenvalue weighted by Gasteiger charge is -2.04. The highest BCUT2D eigenvalue weighted by Crippen LogP contribution is 2.01. The molecule has 1 unspecified atom stereocenters. The van der Waals surface area contributed by atoms with Crippen LogP contribution < -0.4 is 0 Å². The van der Waals surface area contributed by atoms with Gasteiger partial charge in [0, 0.05) is 5.56 Å². The highest BCUT2D eigenvalue weighted by atomic mass is 16.5. The van der Waals surface area contributed by atoms with Crippen LogP contribution in [0.4, 0.5) is 0 Å². The normalized spacial score (nSPS) is 10.9. The molecule has 0 amide bonds. The molecule has 0 N–H and O–H groups in total. The van der Waals surface area contributed by atoms with Gasteiger partial charge in [-0.05, 0) is 31.9 Å². The zero-order valence-corrected chi connectivity index (χ0v) is 9.90. The average Bonchev–Trinajstić information content (AvgIpc) is 2.36. The minimum absolute atomic E-state index is 0.266. The summed E-state index contributed by atoms with van der Waals surface area (Å²) in [6.45, 7) is 3.47. The van der Waals surface area contributed by atoms with E-state index in [0.29, 0.717) is 0 Å². The molecule has 0 aliphatic rings. The van der Waals surface area contributed by atoms with E-state index in [0.717, 1.165) is 5.56 Å². The highest BCUT2D eigenvalue weighted by molar-refractivity contribution is 6.08. The number of hydrogen-bond donors (Lipinski definition) is 0. The topological polar surface area (TPSA) is 43.4 Å². The van der Waals surface area contributed by atoms with Gasteiger partial charge in [-0.1, -0.05) is 24.1 Å². The molecule has 88 valence electrons. The Hall–Kier alpha value is -2.08. The summed E-state index contributed by atoms with van der Waals surface area (Å²) in [5, 5.41) is 0. The predicted octanol–water partition coefficient (Wildman–Crippen LogP) is 1.81. The van der Waals surface area contributed by atoms with Gasteiger partial charge in [0.05, 0.1) is 6.61 Å². The number of ether oxygens (including phenoxy) is 1. The van der Waals surface area contributed by atoms with Crippen molar-refractivity contribution in [2.24, 2.45) is 5.92 Å². The van der Waals surface area contributed by atoms with Gasteiger partial charge in [-0.2, -0.15) is 0 Å². The number of hydrogen-bond acceptors (Lipinski definition) is 3. The Kier molecular flexibility index (Phi) is 4.96. The molecule has 1 rings (SSSR count). The summed E-state index contributed by atoms with van der Waals surface area (Å²) in [7, 11) is 0. The molecule has 3 heteroatoms. The summed E-state index contributed by atoms with van der Waals surface area (Å²) in [6, 6.07) is 9.14. The maximum Gasteiger partial charge on any atom is 0.317 e. The summed E-state index contributed by atoms with van der Waals surface area (Å²) in [5.74, 6) is 3.38. The van der Waals surface area contributed by atoms with E-state index in [-0.39, 0.29) is 6.61 Å². The van der Waals surface area contributed by atoms with Crippen LogP contribution in [-0.4, -0.2) is 18.4 Å². The van der Waals surface area contributed by atoms with Crippen molar-refractivity contribution in [2.45, 2.75) is 13.8 Å². The van der Waals surface area contributed by atoms with Gasteiger partial charge >= 0.3 is 5.97 Å². The minimum atomic E-state index is -0.828. The van der Waals surface area contributed by atoms with E-state index in [9.17, 15) is 9.59 Å². The number of carbonyl (C=O) groups is 2. The van der Waals surface area contributed by atoms with Crippen molar-refractivity contribution in [1.29, 1.82) is 0 Å². The van der Waals surface area contributed by atoms with Crippen LogP contribution in [-0.2, 0) is 14.3 Å². The van der Waals surface area contributed by atoms with Crippen LogP contribution in [0.1, 0.15) is 19.4 Å². The number of ketones is 1. The zero-order chi connectivity index (χ0) is 12.7. The van der Waals surface area contributed by atoms with Crippen LogP contribution in [0.2, 0.25) is 0 Å². The quantitative estimate of drug-likeness (QED) is 0.452.